The zero-order valence-electron chi connectivity index (χ0n) is 15.0. The van der Waals surface area contributed by atoms with Crippen LogP contribution in [0.2, 0.25) is 0 Å². The molecule has 5 rings (SSSR count). The van der Waals surface area contributed by atoms with Crippen LogP contribution in [0.4, 0.5) is 0 Å². The summed E-state index contributed by atoms with van der Waals surface area (Å²) < 4.78 is 0. The van der Waals surface area contributed by atoms with Crippen LogP contribution in [0.25, 0.3) is 0 Å². The fourth-order valence-corrected chi connectivity index (χ4v) is 8.35. The number of hydrogen-bond acceptors (Lipinski definition) is 2. The third-order valence-electron chi connectivity index (χ3n) is 9.47. The van der Waals surface area contributed by atoms with Crippen molar-refractivity contribution in [1.82, 2.24) is 0 Å². The summed E-state index contributed by atoms with van der Waals surface area (Å²) in [4.78, 5) is 13.0. The Kier molecular flexibility index (Phi) is 3.38. The van der Waals surface area contributed by atoms with Crippen molar-refractivity contribution in [2.75, 3.05) is 0 Å². The van der Waals surface area contributed by atoms with Gasteiger partial charge in [-0.2, -0.15) is 0 Å². The topological polar surface area (TPSA) is 37.3 Å². The van der Waals surface area contributed by atoms with Gasteiger partial charge in [-0.3, -0.25) is 4.79 Å². The molecule has 0 saturated heterocycles. The lowest BCUT2D eigenvalue weighted by Crippen LogP contribution is -2.56. The van der Waals surface area contributed by atoms with Gasteiger partial charge in [-0.1, -0.05) is 13.0 Å². The first-order chi connectivity index (χ1) is 11.6. The van der Waals surface area contributed by atoms with Crippen LogP contribution in [0.3, 0.4) is 0 Å². The quantitative estimate of drug-likeness (QED) is 0.710. The number of carbonyl (C=O) groups excluding carboxylic acids is 1. The average Bonchev–Trinajstić information content (AvgIpc) is 2.97. The lowest BCUT2D eigenvalue weighted by atomic mass is 9.43. The lowest BCUT2D eigenvalue weighted by molar-refractivity contribution is -0.152. The van der Waals surface area contributed by atoms with Crippen molar-refractivity contribution in [3.05, 3.63) is 12.2 Å². The highest BCUT2D eigenvalue weighted by atomic mass is 16.3. The first-order valence-corrected chi connectivity index (χ1v) is 10.4. The van der Waals surface area contributed by atoms with Crippen molar-refractivity contribution in [1.29, 1.82) is 0 Å². The second-order valence-electron chi connectivity index (χ2n) is 9.94. The predicted octanol–water partition coefficient (Wildman–Crippen LogP) is 4.52. The van der Waals surface area contributed by atoms with E-state index in [1.54, 1.807) is 0 Å². The number of ketones is 1. The fourth-order valence-electron chi connectivity index (χ4n) is 8.35. The normalized spacial score (nSPS) is 56.2. The van der Waals surface area contributed by atoms with Crippen molar-refractivity contribution in [3.8, 4) is 0 Å². The van der Waals surface area contributed by atoms with Gasteiger partial charge in [0.25, 0.3) is 0 Å². The van der Waals surface area contributed by atoms with Crippen molar-refractivity contribution in [3.63, 3.8) is 0 Å². The largest absolute Gasteiger partial charge is 0.393 e. The third-order valence-corrected chi connectivity index (χ3v) is 9.47. The first-order valence-electron chi connectivity index (χ1n) is 10.4. The number of rotatable bonds is 0. The minimum Gasteiger partial charge on any atom is -0.393 e. The molecule has 0 bridgehead atoms. The molecule has 1 N–H and O–H groups in total. The van der Waals surface area contributed by atoms with Gasteiger partial charge >= 0.3 is 0 Å². The molecule has 0 radical (unpaired) electrons. The summed E-state index contributed by atoms with van der Waals surface area (Å²) in [7, 11) is 0. The maximum absolute atomic E-state index is 13.0. The van der Waals surface area contributed by atoms with E-state index in [9.17, 15) is 9.90 Å². The monoisotopic (exact) mass is 328 g/mol. The minimum atomic E-state index is -0.0597. The lowest BCUT2D eigenvalue weighted by Gasteiger charge is -2.61. The van der Waals surface area contributed by atoms with Crippen molar-refractivity contribution < 1.29 is 9.90 Å². The minimum absolute atomic E-state index is 0.0211. The molecule has 1 spiro atoms. The zero-order chi connectivity index (χ0) is 16.5. The summed E-state index contributed by atoms with van der Waals surface area (Å²) in [6.07, 6.45) is 16.0. The maximum atomic E-state index is 13.0. The summed E-state index contributed by atoms with van der Waals surface area (Å²) in [5.74, 6) is 4.07. The summed E-state index contributed by atoms with van der Waals surface area (Å²) in [5, 5.41) is 10.1. The van der Waals surface area contributed by atoms with Gasteiger partial charge in [0.2, 0.25) is 0 Å². The van der Waals surface area contributed by atoms with Crippen molar-refractivity contribution >= 4 is 5.78 Å². The van der Waals surface area contributed by atoms with E-state index in [0.29, 0.717) is 23.0 Å². The van der Waals surface area contributed by atoms with Gasteiger partial charge in [0.15, 0.2) is 5.78 Å². The molecule has 5 aliphatic carbocycles. The number of fused-ring (bicyclic) bond motifs is 4. The summed E-state index contributed by atoms with van der Waals surface area (Å²) in [5.41, 5.74) is 0.447. The van der Waals surface area contributed by atoms with E-state index >= 15 is 0 Å². The van der Waals surface area contributed by atoms with Gasteiger partial charge in [0.05, 0.1) is 6.10 Å². The molecule has 24 heavy (non-hydrogen) atoms. The maximum Gasteiger partial charge on any atom is 0.162 e. The van der Waals surface area contributed by atoms with E-state index in [2.05, 4.69) is 13.0 Å². The number of aliphatic hydroxyl groups excluding tert-OH is 1. The summed E-state index contributed by atoms with van der Waals surface area (Å²) in [6, 6.07) is 0. The molecule has 0 aromatic carbocycles. The Morgan fingerprint density at radius 1 is 1.00 bits per heavy atom. The van der Waals surface area contributed by atoms with Gasteiger partial charge in [-0.05, 0) is 105 Å². The van der Waals surface area contributed by atoms with Gasteiger partial charge in [0.1, 0.15) is 0 Å². The van der Waals surface area contributed by atoms with Gasteiger partial charge < -0.3 is 5.11 Å². The molecule has 4 saturated carbocycles. The number of aliphatic hydroxyl groups is 1. The number of hydrogen-bond donors (Lipinski definition) is 1. The van der Waals surface area contributed by atoms with E-state index in [-0.39, 0.29) is 11.5 Å². The first kappa shape index (κ1) is 15.6. The van der Waals surface area contributed by atoms with Crippen LogP contribution < -0.4 is 0 Å². The van der Waals surface area contributed by atoms with Crippen LogP contribution in [-0.2, 0) is 4.79 Å². The molecule has 0 amide bonds. The molecule has 2 heteroatoms. The Morgan fingerprint density at radius 3 is 2.71 bits per heavy atom. The van der Waals surface area contributed by atoms with Crippen LogP contribution in [0, 0.1) is 40.4 Å². The van der Waals surface area contributed by atoms with E-state index in [0.717, 1.165) is 43.4 Å². The molecular formula is C22H32O2. The average molecular weight is 328 g/mol. The Morgan fingerprint density at radius 2 is 1.83 bits per heavy atom. The molecule has 8 atom stereocenters. The van der Waals surface area contributed by atoms with Crippen molar-refractivity contribution in [2.24, 2.45) is 40.4 Å². The SMILES string of the molecule is C[C@]12CC[C@@H](O)C[C@H]1CC[C@@H]1[C@@H]2CC[C@@]23C(=O)C=CC[C@H]2CC[C@@H]13. The van der Waals surface area contributed by atoms with Gasteiger partial charge in [0, 0.05) is 5.41 Å². The molecule has 0 unspecified atom stereocenters. The molecule has 0 heterocycles. The Hall–Kier alpha value is -0.630. The number of allylic oxidation sites excluding steroid dienone is 2. The molecule has 5 aliphatic rings. The molecule has 0 aromatic heterocycles. The van der Waals surface area contributed by atoms with E-state index in [4.69, 9.17) is 0 Å². The van der Waals surface area contributed by atoms with E-state index in [1.165, 1.54) is 38.5 Å². The third kappa shape index (κ3) is 1.84. The molecular weight excluding hydrogens is 296 g/mol. The molecule has 2 nitrogen and oxygen atoms in total. The number of carbonyl (C=O) groups is 1. The van der Waals surface area contributed by atoms with Gasteiger partial charge in [-0.25, -0.2) is 0 Å². The van der Waals surface area contributed by atoms with Gasteiger partial charge in [-0.15, -0.1) is 0 Å². The second kappa shape index (κ2) is 5.19. The van der Waals surface area contributed by atoms with Crippen LogP contribution in [-0.4, -0.2) is 17.0 Å². The predicted molar refractivity (Wildman–Crippen MR) is 94.3 cm³/mol. The highest BCUT2D eigenvalue weighted by Crippen LogP contribution is 2.68. The van der Waals surface area contributed by atoms with Crippen LogP contribution in [0.1, 0.15) is 71.1 Å². The van der Waals surface area contributed by atoms with Crippen LogP contribution >= 0.6 is 0 Å². The zero-order valence-corrected chi connectivity index (χ0v) is 15.0. The molecule has 4 fully saturated rings. The van der Waals surface area contributed by atoms with Crippen LogP contribution in [0.5, 0.6) is 0 Å². The molecule has 0 aromatic rings. The standard InChI is InChI=1S/C22H32O2/c1-21-11-9-16(23)13-15(21)5-7-17-18(21)10-12-22-14(6-8-19(17)22)3-2-4-20(22)24/h2,4,14-19,23H,3,5-13H2,1H3/t14-,15+,16+,17+,18-,19-,21-,22+/m0/s1. The Balaban J connectivity index is 1.49. The highest BCUT2D eigenvalue weighted by Gasteiger charge is 2.63. The molecule has 0 aliphatic heterocycles. The highest BCUT2D eigenvalue weighted by molar-refractivity contribution is 5.96. The van der Waals surface area contributed by atoms with Crippen LogP contribution in [0.15, 0.2) is 12.2 Å². The summed E-state index contributed by atoms with van der Waals surface area (Å²) in [6.45, 7) is 2.54. The summed E-state index contributed by atoms with van der Waals surface area (Å²) >= 11 is 0. The smallest absolute Gasteiger partial charge is 0.162 e. The van der Waals surface area contributed by atoms with E-state index in [1.807, 2.05) is 6.08 Å². The Bertz CT molecular complexity index is 581. The molecule has 132 valence electrons. The second-order valence-corrected chi connectivity index (χ2v) is 9.94. The van der Waals surface area contributed by atoms with Crippen molar-refractivity contribution in [2.45, 2.75) is 77.2 Å². The fraction of sp³-hybridized carbons (Fsp3) is 0.864. The Labute approximate surface area is 146 Å². The van der Waals surface area contributed by atoms with E-state index < -0.39 is 0 Å².